The van der Waals surface area contributed by atoms with Crippen LogP contribution in [0.15, 0.2) is 53.6 Å². The van der Waals surface area contributed by atoms with Gasteiger partial charge in [-0.25, -0.2) is 9.82 Å². The molecule has 0 aliphatic heterocycles. The Kier molecular flexibility index (Phi) is 6.45. The van der Waals surface area contributed by atoms with Crippen molar-refractivity contribution in [3.8, 4) is 0 Å². The Morgan fingerprint density at radius 2 is 1.71 bits per heavy atom. The van der Waals surface area contributed by atoms with Crippen LogP contribution in [0, 0.1) is 5.82 Å². The molecule has 0 bridgehead atoms. The lowest BCUT2D eigenvalue weighted by atomic mass is 10.2. The first-order chi connectivity index (χ1) is 11.5. The van der Waals surface area contributed by atoms with Crippen LogP contribution in [-0.2, 0) is 9.59 Å². The molecule has 0 saturated heterocycles. The molecule has 0 saturated carbocycles. The largest absolute Gasteiger partial charge is 0.325 e. The zero-order valence-electron chi connectivity index (χ0n) is 12.6. The molecule has 0 aromatic heterocycles. The van der Waals surface area contributed by atoms with Gasteiger partial charge in [0.2, 0.25) is 11.8 Å². The van der Waals surface area contributed by atoms with Crippen molar-refractivity contribution in [2.45, 2.75) is 12.8 Å². The summed E-state index contributed by atoms with van der Waals surface area (Å²) in [4.78, 5) is 23.4. The zero-order valence-corrected chi connectivity index (χ0v) is 13.4. The quantitative estimate of drug-likeness (QED) is 0.621. The Labute approximate surface area is 143 Å². The highest BCUT2D eigenvalue weighted by molar-refractivity contribution is 6.33. The molecule has 0 atom stereocenters. The van der Waals surface area contributed by atoms with E-state index < -0.39 is 5.91 Å². The fraction of sp³-hybridized carbons (Fsp3) is 0.118. The first-order valence-electron chi connectivity index (χ1n) is 7.16. The number of rotatable bonds is 6. The molecule has 0 heterocycles. The van der Waals surface area contributed by atoms with Crippen molar-refractivity contribution in [3.05, 3.63) is 64.9 Å². The third-order valence-electron chi connectivity index (χ3n) is 3.00. The Hall–Kier alpha value is -2.73. The van der Waals surface area contributed by atoms with Gasteiger partial charge in [-0.2, -0.15) is 5.10 Å². The normalized spacial score (nSPS) is 10.6. The lowest BCUT2D eigenvalue weighted by molar-refractivity contribution is -0.124. The summed E-state index contributed by atoms with van der Waals surface area (Å²) in [7, 11) is 0. The van der Waals surface area contributed by atoms with Crippen LogP contribution in [0.5, 0.6) is 0 Å². The summed E-state index contributed by atoms with van der Waals surface area (Å²) in [6.07, 6.45) is 1.38. The molecular formula is C17H15ClFN3O2. The number of nitrogens with one attached hydrogen (secondary N) is 2. The standard InChI is InChI=1S/C17H15ClFN3O2/c18-14-3-1-2-4-15(14)21-16(23)9-10-17(24)22-20-11-12-5-7-13(19)8-6-12/h1-8,11H,9-10H2,(H,21,23)(H,22,24). The summed E-state index contributed by atoms with van der Waals surface area (Å²) in [5.41, 5.74) is 3.45. The van der Waals surface area contributed by atoms with Crippen molar-refractivity contribution < 1.29 is 14.0 Å². The monoisotopic (exact) mass is 347 g/mol. The molecule has 124 valence electrons. The van der Waals surface area contributed by atoms with Gasteiger partial charge in [0.05, 0.1) is 16.9 Å². The van der Waals surface area contributed by atoms with Crippen LogP contribution in [0.3, 0.4) is 0 Å². The van der Waals surface area contributed by atoms with E-state index in [1.807, 2.05) is 0 Å². The van der Waals surface area contributed by atoms with E-state index in [9.17, 15) is 14.0 Å². The van der Waals surface area contributed by atoms with Gasteiger partial charge in [-0.1, -0.05) is 35.9 Å². The molecule has 0 spiro atoms. The van der Waals surface area contributed by atoms with Gasteiger partial charge in [0.1, 0.15) is 5.82 Å². The molecule has 24 heavy (non-hydrogen) atoms. The third-order valence-corrected chi connectivity index (χ3v) is 3.33. The number of halogens is 2. The van der Waals surface area contributed by atoms with Gasteiger partial charge >= 0.3 is 0 Å². The maximum absolute atomic E-state index is 12.7. The van der Waals surface area contributed by atoms with Crippen molar-refractivity contribution in [2.75, 3.05) is 5.32 Å². The number of hydrogen-bond donors (Lipinski definition) is 2. The fourth-order valence-electron chi connectivity index (χ4n) is 1.79. The second-order valence-electron chi connectivity index (χ2n) is 4.87. The highest BCUT2D eigenvalue weighted by atomic mass is 35.5. The maximum Gasteiger partial charge on any atom is 0.240 e. The van der Waals surface area contributed by atoms with Gasteiger partial charge in [-0.05, 0) is 29.8 Å². The Morgan fingerprint density at radius 3 is 2.42 bits per heavy atom. The number of hydrogen-bond acceptors (Lipinski definition) is 3. The number of carbonyl (C=O) groups excluding carboxylic acids is 2. The van der Waals surface area contributed by atoms with E-state index in [2.05, 4.69) is 15.8 Å². The van der Waals surface area contributed by atoms with E-state index in [1.165, 1.54) is 30.5 Å². The van der Waals surface area contributed by atoms with Gasteiger partial charge in [0, 0.05) is 12.8 Å². The molecule has 2 aromatic rings. The van der Waals surface area contributed by atoms with Crippen LogP contribution in [0.4, 0.5) is 10.1 Å². The molecule has 5 nitrogen and oxygen atoms in total. The fourth-order valence-corrected chi connectivity index (χ4v) is 1.97. The number of para-hydroxylation sites is 1. The van der Waals surface area contributed by atoms with E-state index in [0.717, 1.165) is 0 Å². The average Bonchev–Trinajstić information content (AvgIpc) is 2.57. The van der Waals surface area contributed by atoms with Gasteiger partial charge < -0.3 is 5.32 Å². The number of anilines is 1. The SMILES string of the molecule is O=C(CCC(=O)Nc1ccccc1Cl)NN=Cc1ccc(F)cc1. The Morgan fingerprint density at radius 1 is 1.04 bits per heavy atom. The van der Waals surface area contributed by atoms with E-state index in [0.29, 0.717) is 16.3 Å². The van der Waals surface area contributed by atoms with Crippen LogP contribution in [0.25, 0.3) is 0 Å². The molecule has 0 fully saturated rings. The number of carbonyl (C=O) groups is 2. The highest BCUT2D eigenvalue weighted by Gasteiger charge is 2.08. The first kappa shape index (κ1) is 17.6. The number of hydrazone groups is 1. The molecule has 0 radical (unpaired) electrons. The molecule has 2 rings (SSSR count). The molecule has 0 aliphatic rings. The van der Waals surface area contributed by atoms with Crippen LogP contribution >= 0.6 is 11.6 Å². The van der Waals surface area contributed by atoms with E-state index in [4.69, 9.17) is 11.6 Å². The molecular weight excluding hydrogens is 333 g/mol. The van der Waals surface area contributed by atoms with Crippen LogP contribution in [0.1, 0.15) is 18.4 Å². The number of amides is 2. The second kappa shape index (κ2) is 8.79. The maximum atomic E-state index is 12.7. The number of nitrogens with zero attached hydrogens (tertiary/aromatic N) is 1. The predicted molar refractivity (Wildman–Crippen MR) is 91.5 cm³/mol. The third kappa shape index (κ3) is 5.81. The molecule has 2 amide bonds. The van der Waals surface area contributed by atoms with Gasteiger partial charge in [0.25, 0.3) is 0 Å². The summed E-state index contributed by atoms with van der Waals surface area (Å²) in [5.74, 6) is -1.07. The second-order valence-corrected chi connectivity index (χ2v) is 5.28. The molecule has 2 N–H and O–H groups in total. The van der Waals surface area contributed by atoms with Crippen molar-refractivity contribution in [1.29, 1.82) is 0 Å². The van der Waals surface area contributed by atoms with Crippen LogP contribution in [-0.4, -0.2) is 18.0 Å². The lowest BCUT2D eigenvalue weighted by Gasteiger charge is -2.06. The van der Waals surface area contributed by atoms with Crippen molar-refractivity contribution in [3.63, 3.8) is 0 Å². The van der Waals surface area contributed by atoms with E-state index in [1.54, 1.807) is 24.3 Å². The minimum atomic E-state index is -0.400. The minimum Gasteiger partial charge on any atom is -0.325 e. The van der Waals surface area contributed by atoms with E-state index in [-0.39, 0.29) is 24.6 Å². The summed E-state index contributed by atoms with van der Waals surface area (Å²) in [6.45, 7) is 0. The molecule has 0 aliphatic carbocycles. The Bertz CT molecular complexity index is 748. The van der Waals surface area contributed by atoms with E-state index >= 15 is 0 Å². The number of benzene rings is 2. The molecule has 7 heteroatoms. The lowest BCUT2D eigenvalue weighted by Crippen LogP contribution is -2.20. The summed E-state index contributed by atoms with van der Waals surface area (Å²) >= 11 is 5.93. The van der Waals surface area contributed by atoms with Crippen molar-refractivity contribution in [1.82, 2.24) is 5.43 Å². The van der Waals surface area contributed by atoms with Gasteiger partial charge in [-0.15, -0.1) is 0 Å². The minimum absolute atomic E-state index is 0.00310. The summed E-state index contributed by atoms with van der Waals surface area (Å²) in [5, 5.41) is 6.81. The summed E-state index contributed by atoms with van der Waals surface area (Å²) < 4.78 is 12.7. The summed E-state index contributed by atoms with van der Waals surface area (Å²) in [6, 6.07) is 12.5. The average molecular weight is 348 g/mol. The van der Waals surface area contributed by atoms with Crippen LogP contribution in [0.2, 0.25) is 5.02 Å². The molecule has 2 aromatic carbocycles. The first-order valence-corrected chi connectivity index (χ1v) is 7.54. The highest BCUT2D eigenvalue weighted by Crippen LogP contribution is 2.20. The van der Waals surface area contributed by atoms with Crippen LogP contribution < -0.4 is 10.7 Å². The predicted octanol–water partition coefficient (Wildman–Crippen LogP) is 3.35. The smallest absolute Gasteiger partial charge is 0.240 e. The zero-order chi connectivity index (χ0) is 17.4. The van der Waals surface area contributed by atoms with Crippen molar-refractivity contribution in [2.24, 2.45) is 5.10 Å². The van der Waals surface area contributed by atoms with Gasteiger partial charge in [0.15, 0.2) is 0 Å². The molecule has 0 unspecified atom stereocenters. The topological polar surface area (TPSA) is 70.6 Å². The van der Waals surface area contributed by atoms with Gasteiger partial charge in [-0.3, -0.25) is 9.59 Å². The Balaban J connectivity index is 1.73. The van der Waals surface area contributed by atoms with Crippen molar-refractivity contribution >= 4 is 35.3 Å².